The van der Waals surface area contributed by atoms with Gasteiger partial charge in [-0.25, -0.2) is 0 Å². The second-order valence-electron chi connectivity index (χ2n) is 4.61. The first kappa shape index (κ1) is 13.4. The Morgan fingerprint density at radius 1 is 1.67 bits per heavy atom. The molecular weight excluding hydrogens is 246 g/mol. The number of thiocarbonyl (C=S) groups is 1. The number of pyridine rings is 1. The Labute approximate surface area is 113 Å². The molecule has 1 aromatic heterocycles. The molecule has 2 N–H and O–H groups in total. The van der Waals surface area contributed by atoms with Crippen LogP contribution in [0, 0.1) is 0 Å². The molecule has 0 aliphatic carbocycles. The lowest BCUT2D eigenvalue weighted by Gasteiger charge is -2.32. The Kier molecular flexibility index (Phi) is 4.63. The van der Waals surface area contributed by atoms with Crippen molar-refractivity contribution in [2.24, 2.45) is 5.73 Å². The predicted octanol–water partition coefficient (Wildman–Crippen LogP) is 1.33. The van der Waals surface area contributed by atoms with E-state index in [1.807, 2.05) is 12.1 Å². The number of aromatic nitrogens is 1. The summed E-state index contributed by atoms with van der Waals surface area (Å²) in [6, 6.07) is 3.97. The number of rotatable bonds is 4. The molecular formula is C13H19N3OS. The van der Waals surface area contributed by atoms with Crippen LogP contribution in [0.15, 0.2) is 18.3 Å². The molecule has 98 valence electrons. The summed E-state index contributed by atoms with van der Waals surface area (Å²) in [6.07, 6.45) is 4.37. The second-order valence-corrected chi connectivity index (χ2v) is 5.05. The van der Waals surface area contributed by atoms with E-state index in [2.05, 4.69) is 9.88 Å². The Bertz CT molecular complexity index is 424. The molecule has 1 saturated heterocycles. The minimum absolute atomic E-state index is 0.337. The van der Waals surface area contributed by atoms with Gasteiger partial charge in [-0.05, 0) is 31.0 Å². The van der Waals surface area contributed by atoms with Crippen LogP contribution in [0.4, 0.5) is 0 Å². The van der Waals surface area contributed by atoms with Gasteiger partial charge in [0.1, 0.15) is 10.7 Å². The molecule has 0 radical (unpaired) electrons. The topological polar surface area (TPSA) is 51.4 Å². The van der Waals surface area contributed by atoms with Crippen molar-refractivity contribution in [3.05, 3.63) is 29.6 Å². The number of ether oxygens (including phenoxy) is 1. The van der Waals surface area contributed by atoms with Crippen LogP contribution in [0.5, 0.6) is 0 Å². The lowest BCUT2D eigenvalue weighted by Crippen LogP contribution is -2.39. The van der Waals surface area contributed by atoms with E-state index in [-0.39, 0.29) is 0 Å². The molecule has 0 amide bonds. The molecule has 1 unspecified atom stereocenters. The average Bonchev–Trinajstić information content (AvgIpc) is 2.39. The van der Waals surface area contributed by atoms with Crippen LogP contribution in [0.3, 0.4) is 0 Å². The highest BCUT2D eigenvalue weighted by Gasteiger charge is 2.20. The van der Waals surface area contributed by atoms with Crippen molar-refractivity contribution in [2.75, 3.05) is 20.2 Å². The molecule has 2 rings (SSSR count). The largest absolute Gasteiger partial charge is 0.388 e. The average molecular weight is 265 g/mol. The lowest BCUT2D eigenvalue weighted by molar-refractivity contribution is 0.0285. The van der Waals surface area contributed by atoms with Gasteiger partial charge < -0.3 is 10.5 Å². The molecule has 1 fully saturated rings. The van der Waals surface area contributed by atoms with Crippen molar-refractivity contribution in [1.82, 2.24) is 9.88 Å². The predicted molar refractivity (Wildman–Crippen MR) is 75.4 cm³/mol. The Morgan fingerprint density at radius 3 is 3.22 bits per heavy atom. The zero-order valence-electron chi connectivity index (χ0n) is 10.6. The summed E-state index contributed by atoms with van der Waals surface area (Å²) in [7, 11) is 1.78. The van der Waals surface area contributed by atoms with Crippen LogP contribution in [0.1, 0.15) is 24.1 Å². The fourth-order valence-electron chi connectivity index (χ4n) is 2.38. The monoisotopic (exact) mass is 265 g/mol. The molecule has 1 atom stereocenters. The van der Waals surface area contributed by atoms with E-state index in [1.54, 1.807) is 13.3 Å². The zero-order valence-corrected chi connectivity index (χ0v) is 11.4. The Balaban J connectivity index is 2.07. The standard InChI is InChI=1S/C13H19N3OS/c1-17-11-5-3-7-16(9-11)8-10-4-2-6-15-12(10)13(14)18/h2,4,6,11H,3,5,7-9H2,1H3,(H2,14,18). The fourth-order valence-corrected chi connectivity index (χ4v) is 2.56. The van der Waals surface area contributed by atoms with E-state index in [0.717, 1.165) is 37.3 Å². The molecule has 2 heterocycles. The van der Waals surface area contributed by atoms with E-state index in [4.69, 9.17) is 22.7 Å². The number of nitrogens with zero attached hydrogens (tertiary/aromatic N) is 2. The van der Waals surface area contributed by atoms with E-state index >= 15 is 0 Å². The Hall–Kier alpha value is -1.04. The van der Waals surface area contributed by atoms with Crippen molar-refractivity contribution >= 4 is 17.2 Å². The first-order chi connectivity index (χ1) is 8.70. The third-order valence-electron chi connectivity index (χ3n) is 3.31. The van der Waals surface area contributed by atoms with Crippen LogP contribution in [0.25, 0.3) is 0 Å². The minimum Gasteiger partial charge on any atom is -0.388 e. The molecule has 4 nitrogen and oxygen atoms in total. The molecule has 0 spiro atoms. The third-order valence-corrected chi connectivity index (χ3v) is 3.51. The van der Waals surface area contributed by atoms with Gasteiger partial charge in [-0.1, -0.05) is 18.3 Å². The molecule has 0 bridgehead atoms. The SMILES string of the molecule is COC1CCCN(Cc2cccnc2C(N)=S)C1. The van der Waals surface area contributed by atoms with Gasteiger partial charge in [0.15, 0.2) is 0 Å². The molecule has 0 saturated carbocycles. The molecule has 1 aromatic rings. The van der Waals surface area contributed by atoms with Gasteiger partial charge >= 0.3 is 0 Å². The van der Waals surface area contributed by atoms with Gasteiger partial charge in [-0.15, -0.1) is 0 Å². The van der Waals surface area contributed by atoms with Crippen molar-refractivity contribution in [3.8, 4) is 0 Å². The number of likely N-dealkylation sites (tertiary alicyclic amines) is 1. The van der Waals surface area contributed by atoms with E-state index in [1.165, 1.54) is 6.42 Å². The number of methoxy groups -OCH3 is 1. The van der Waals surface area contributed by atoms with Crippen LogP contribution < -0.4 is 5.73 Å². The third kappa shape index (κ3) is 3.25. The summed E-state index contributed by atoms with van der Waals surface area (Å²) in [5.41, 5.74) is 7.54. The smallest absolute Gasteiger partial charge is 0.123 e. The van der Waals surface area contributed by atoms with Gasteiger partial charge in [0, 0.05) is 26.4 Å². The quantitative estimate of drug-likeness (QED) is 0.832. The highest BCUT2D eigenvalue weighted by Crippen LogP contribution is 2.16. The van der Waals surface area contributed by atoms with Crippen molar-refractivity contribution < 1.29 is 4.74 Å². The zero-order chi connectivity index (χ0) is 13.0. The van der Waals surface area contributed by atoms with E-state index in [9.17, 15) is 0 Å². The summed E-state index contributed by atoms with van der Waals surface area (Å²) in [5, 5.41) is 0. The normalized spacial score (nSPS) is 20.8. The van der Waals surface area contributed by atoms with E-state index < -0.39 is 0 Å². The number of hydrogen-bond donors (Lipinski definition) is 1. The maximum atomic E-state index is 5.70. The van der Waals surface area contributed by atoms with E-state index in [0.29, 0.717) is 11.1 Å². The number of nitrogens with two attached hydrogens (primary N) is 1. The van der Waals surface area contributed by atoms with Crippen LogP contribution in [-0.4, -0.2) is 41.2 Å². The van der Waals surface area contributed by atoms with Crippen molar-refractivity contribution in [1.29, 1.82) is 0 Å². The van der Waals surface area contributed by atoms with Gasteiger partial charge in [0.2, 0.25) is 0 Å². The molecule has 1 aliphatic rings. The summed E-state index contributed by atoms with van der Waals surface area (Å²) >= 11 is 5.04. The number of piperidine rings is 1. The van der Waals surface area contributed by atoms with Crippen molar-refractivity contribution in [3.63, 3.8) is 0 Å². The molecule has 0 aromatic carbocycles. The maximum Gasteiger partial charge on any atom is 0.123 e. The second kappa shape index (κ2) is 6.22. The molecule has 1 aliphatic heterocycles. The first-order valence-electron chi connectivity index (χ1n) is 6.19. The highest BCUT2D eigenvalue weighted by molar-refractivity contribution is 7.80. The minimum atomic E-state index is 0.337. The van der Waals surface area contributed by atoms with Gasteiger partial charge in [0.25, 0.3) is 0 Å². The van der Waals surface area contributed by atoms with Gasteiger partial charge in [-0.3, -0.25) is 9.88 Å². The van der Waals surface area contributed by atoms with Gasteiger partial charge in [-0.2, -0.15) is 0 Å². The molecule has 5 heteroatoms. The fraction of sp³-hybridized carbons (Fsp3) is 0.538. The number of hydrogen-bond acceptors (Lipinski definition) is 4. The summed E-state index contributed by atoms with van der Waals surface area (Å²) in [5.74, 6) is 0. The molecule has 18 heavy (non-hydrogen) atoms. The highest BCUT2D eigenvalue weighted by atomic mass is 32.1. The maximum absolute atomic E-state index is 5.70. The Morgan fingerprint density at radius 2 is 2.50 bits per heavy atom. The summed E-state index contributed by atoms with van der Waals surface area (Å²) in [4.78, 5) is 7.00. The van der Waals surface area contributed by atoms with Crippen LogP contribution in [0.2, 0.25) is 0 Å². The van der Waals surface area contributed by atoms with Crippen LogP contribution in [-0.2, 0) is 11.3 Å². The lowest BCUT2D eigenvalue weighted by atomic mass is 10.1. The van der Waals surface area contributed by atoms with Crippen LogP contribution >= 0.6 is 12.2 Å². The first-order valence-corrected chi connectivity index (χ1v) is 6.60. The summed E-state index contributed by atoms with van der Waals surface area (Å²) in [6.45, 7) is 2.88. The van der Waals surface area contributed by atoms with Crippen molar-refractivity contribution in [2.45, 2.75) is 25.5 Å². The van der Waals surface area contributed by atoms with Gasteiger partial charge in [0.05, 0.1) is 6.10 Å². The summed E-state index contributed by atoms with van der Waals surface area (Å²) < 4.78 is 5.43.